The van der Waals surface area contributed by atoms with Gasteiger partial charge in [-0.3, -0.25) is 0 Å². The summed E-state index contributed by atoms with van der Waals surface area (Å²) in [6.45, 7) is 8.10. The molecule has 0 radical (unpaired) electrons. The molecule has 0 saturated heterocycles. The summed E-state index contributed by atoms with van der Waals surface area (Å²) in [5.74, 6) is 0.961. The van der Waals surface area contributed by atoms with Crippen molar-refractivity contribution in [2.24, 2.45) is 11.7 Å². The Bertz CT molecular complexity index is 369. The number of hydrogen-bond donors (Lipinski definition) is 2. The van der Waals surface area contributed by atoms with Gasteiger partial charge in [-0.25, -0.2) is 0 Å². The summed E-state index contributed by atoms with van der Waals surface area (Å²) in [4.78, 5) is 0. The van der Waals surface area contributed by atoms with Gasteiger partial charge in [-0.05, 0) is 50.3 Å². The van der Waals surface area contributed by atoms with Crippen LogP contribution in [0.3, 0.4) is 0 Å². The molecular weight excluding hydrogens is 238 g/mol. The first-order chi connectivity index (χ1) is 8.81. The molecule has 19 heavy (non-hydrogen) atoms. The van der Waals surface area contributed by atoms with E-state index in [1.807, 2.05) is 32.9 Å². The van der Waals surface area contributed by atoms with Gasteiger partial charge in [0, 0.05) is 6.04 Å². The molecule has 0 amide bonds. The molecule has 0 spiro atoms. The lowest BCUT2D eigenvalue weighted by Crippen LogP contribution is -2.37. The van der Waals surface area contributed by atoms with Gasteiger partial charge in [-0.1, -0.05) is 26.0 Å². The Morgan fingerprint density at radius 2 is 1.79 bits per heavy atom. The number of nitrogens with two attached hydrogens (primary N) is 1. The van der Waals surface area contributed by atoms with Gasteiger partial charge in [-0.2, -0.15) is 0 Å². The van der Waals surface area contributed by atoms with Gasteiger partial charge in [0.05, 0.1) is 5.60 Å². The smallest absolute Gasteiger partial charge is 0.119 e. The molecule has 108 valence electrons. The Morgan fingerprint density at radius 1 is 1.21 bits per heavy atom. The Morgan fingerprint density at radius 3 is 2.26 bits per heavy atom. The number of rotatable bonds is 7. The summed E-state index contributed by atoms with van der Waals surface area (Å²) in [5.41, 5.74) is 6.21. The standard InChI is InChI=1S/C16H27NO2/c1-12(2)16(4,18)11-19-15-9-7-14(8-10-15)6-5-13(3)17/h7-10,12-13,18H,5-6,11,17H2,1-4H3. The fraction of sp³-hybridized carbons (Fsp3) is 0.625. The zero-order chi connectivity index (χ0) is 14.5. The molecule has 0 bridgehead atoms. The van der Waals surface area contributed by atoms with Gasteiger partial charge in [0.1, 0.15) is 12.4 Å². The maximum absolute atomic E-state index is 10.1. The van der Waals surface area contributed by atoms with Crippen LogP contribution in [-0.4, -0.2) is 23.4 Å². The molecule has 2 unspecified atom stereocenters. The lowest BCUT2D eigenvalue weighted by atomic mass is 9.94. The number of benzene rings is 1. The Hall–Kier alpha value is -1.06. The van der Waals surface area contributed by atoms with Crippen LogP contribution in [0.2, 0.25) is 0 Å². The molecule has 0 aliphatic carbocycles. The molecule has 0 aliphatic rings. The molecule has 0 heterocycles. The summed E-state index contributed by atoms with van der Waals surface area (Å²) in [6, 6.07) is 8.25. The van der Waals surface area contributed by atoms with Crippen molar-refractivity contribution < 1.29 is 9.84 Å². The van der Waals surface area contributed by atoms with Crippen LogP contribution in [0, 0.1) is 5.92 Å². The van der Waals surface area contributed by atoms with E-state index in [0.717, 1.165) is 18.6 Å². The van der Waals surface area contributed by atoms with E-state index >= 15 is 0 Å². The predicted molar refractivity (Wildman–Crippen MR) is 79.4 cm³/mol. The largest absolute Gasteiger partial charge is 0.491 e. The van der Waals surface area contributed by atoms with Crippen molar-refractivity contribution in [3.05, 3.63) is 29.8 Å². The maximum Gasteiger partial charge on any atom is 0.119 e. The number of ether oxygens (including phenoxy) is 1. The summed E-state index contributed by atoms with van der Waals surface area (Å²) >= 11 is 0. The van der Waals surface area contributed by atoms with E-state index in [-0.39, 0.29) is 12.0 Å². The lowest BCUT2D eigenvalue weighted by Gasteiger charge is -2.27. The average Bonchev–Trinajstić information content (AvgIpc) is 2.35. The second-order valence-electron chi connectivity index (χ2n) is 5.96. The van der Waals surface area contributed by atoms with Gasteiger partial charge in [-0.15, -0.1) is 0 Å². The average molecular weight is 265 g/mol. The van der Waals surface area contributed by atoms with E-state index in [2.05, 4.69) is 12.1 Å². The van der Waals surface area contributed by atoms with Gasteiger partial charge in [0.2, 0.25) is 0 Å². The van der Waals surface area contributed by atoms with Gasteiger partial charge < -0.3 is 15.6 Å². The predicted octanol–water partition coefficient (Wildman–Crippen LogP) is 2.75. The summed E-state index contributed by atoms with van der Waals surface area (Å²) in [5, 5.41) is 10.1. The topological polar surface area (TPSA) is 55.5 Å². The molecule has 0 aromatic heterocycles. The highest BCUT2D eigenvalue weighted by molar-refractivity contribution is 5.27. The number of aryl methyl sites for hydroxylation is 1. The van der Waals surface area contributed by atoms with Crippen LogP contribution in [-0.2, 0) is 6.42 Å². The molecule has 0 fully saturated rings. The van der Waals surface area contributed by atoms with E-state index in [0.29, 0.717) is 6.61 Å². The van der Waals surface area contributed by atoms with Crippen molar-refractivity contribution in [2.45, 2.75) is 52.2 Å². The van der Waals surface area contributed by atoms with Gasteiger partial charge >= 0.3 is 0 Å². The van der Waals surface area contributed by atoms with Crippen LogP contribution in [0.4, 0.5) is 0 Å². The minimum atomic E-state index is -0.798. The van der Waals surface area contributed by atoms with Crippen molar-refractivity contribution >= 4 is 0 Å². The van der Waals surface area contributed by atoms with Crippen molar-refractivity contribution in [3.63, 3.8) is 0 Å². The summed E-state index contributed by atoms with van der Waals surface area (Å²) in [6.07, 6.45) is 1.98. The Balaban J connectivity index is 2.48. The molecule has 3 heteroatoms. The zero-order valence-electron chi connectivity index (χ0n) is 12.5. The van der Waals surface area contributed by atoms with E-state index in [1.54, 1.807) is 6.92 Å². The summed E-state index contributed by atoms with van der Waals surface area (Å²) < 4.78 is 5.64. The molecule has 3 N–H and O–H groups in total. The van der Waals surface area contributed by atoms with E-state index in [4.69, 9.17) is 10.5 Å². The van der Waals surface area contributed by atoms with Crippen LogP contribution in [0.25, 0.3) is 0 Å². The second-order valence-corrected chi connectivity index (χ2v) is 5.96. The van der Waals surface area contributed by atoms with Crippen molar-refractivity contribution in [1.82, 2.24) is 0 Å². The highest BCUT2D eigenvalue weighted by Gasteiger charge is 2.25. The van der Waals surface area contributed by atoms with E-state index in [1.165, 1.54) is 5.56 Å². The van der Waals surface area contributed by atoms with Crippen LogP contribution in [0.5, 0.6) is 5.75 Å². The first kappa shape index (κ1) is 16.0. The normalized spacial score (nSPS) is 16.2. The lowest BCUT2D eigenvalue weighted by molar-refractivity contribution is -0.0266. The maximum atomic E-state index is 10.1. The zero-order valence-corrected chi connectivity index (χ0v) is 12.5. The molecule has 0 saturated carbocycles. The van der Waals surface area contributed by atoms with Crippen LogP contribution in [0.1, 0.15) is 39.7 Å². The molecule has 3 nitrogen and oxygen atoms in total. The molecule has 1 rings (SSSR count). The van der Waals surface area contributed by atoms with E-state index < -0.39 is 5.60 Å². The molecule has 1 aromatic rings. The van der Waals surface area contributed by atoms with Gasteiger partial charge in [0.25, 0.3) is 0 Å². The van der Waals surface area contributed by atoms with Crippen molar-refractivity contribution in [3.8, 4) is 5.75 Å². The fourth-order valence-electron chi connectivity index (χ4n) is 1.54. The van der Waals surface area contributed by atoms with E-state index in [9.17, 15) is 5.11 Å². The molecule has 1 aromatic carbocycles. The minimum absolute atomic E-state index is 0.165. The van der Waals surface area contributed by atoms with Crippen LogP contribution >= 0.6 is 0 Å². The van der Waals surface area contributed by atoms with Crippen LogP contribution < -0.4 is 10.5 Å². The SMILES string of the molecule is CC(N)CCc1ccc(OCC(C)(O)C(C)C)cc1. The van der Waals surface area contributed by atoms with Crippen molar-refractivity contribution in [1.29, 1.82) is 0 Å². The van der Waals surface area contributed by atoms with Crippen LogP contribution in [0.15, 0.2) is 24.3 Å². The summed E-state index contributed by atoms with van der Waals surface area (Å²) in [7, 11) is 0. The quantitative estimate of drug-likeness (QED) is 0.797. The highest BCUT2D eigenvalue weighted by Crippen LogP contribution is 2.19. The monoisotopic (exact) mass is 265 g/mol. The van der Waals surface area contributed by atoms with Gasteiger partial charge in [0.15, 0.2) is 0 Å². The first-order valence-corrected chi connectivity index (χ1v) is 7.01. The fourth-order valence-corrected chi connectivity index (χ4v) is 1.54. The highest BCUT2D eigenvalue weighted by atomic mass is 16.5. The Labute approximate surface area is 116 Å². The third-order valence-corrected chi connectivity index (χ3v) is 3.59. The minimum Gasteiger partial charge on any atom is -0.491 e. The molecule has 0 aliphatic heterocycles. The first-order valence-electron chi connectivity index (χ1n) is 7.01. The third kappa shape index (κ3) is 5.62. The number of aliphatic hydroxyl groups is 1. The Kier molecular flexibility index (Phi) is 5.83. The van der Waals surface area contributed by atoms with Crippen molar-refractivity contribution in [2.75, 3.05) is 6.61 Å². The molecule has 2 atom stereocenters. The third-order valence-electron chi connectivity index (χ3n) is 3.59. The second kappa shape index (κ2) is 6.92. The molecular formula is C16H27NO2. The number of hydrogen-bond acceptors (Lipinski definition) is 3.